The monoisotopic (exact) mass is 449 g/mol. The average Bonchev–Trinajstić information content (AvgIpc) is 2.64. The van der Waals surface area contributed by atoms with Crippen molar-refractivity contribution in [2.75, 3.05) is 19.6 Å². The summed E-state index contributed by atoms with van der Waals surface area (Å²) in [7, 11) is 0. The third-order valence-electron chi connectivity index (χ3n) is 5.26. The normalized spacial score (nSPS) is 16.0. The lowest BCUT2D eigenvalue weighted by molar-refractivity contribution is 0.185. The minimum Gasteiger partial charge on any atom is -0.491 e. The number of hydrogen-bond acceptors (Lipinski definition) is 2. The number of ether oxygens (including phenoxy) is 1. The fourth-order valence-electron chi connectivity index (χ4n) is 3.76. The van der Waals surface area contributed by atoms with E-state index in [-0.39, 0.29) is 6.10 Å². The van der Waals surface area contributed by atoms with Crippen LogP contribution >= 0.6 is 27.5 Å². The highest BCUT2D eigenvalue weighted by Crippen LogP contribution is 2.29. The lowest BCUT2D eigenvalue weighted by Crippen LogP contribution is -2.35. The summed E-state index contributed by atoms with van der Waals surface area (Å²) in [6, 6.07) is 14.6. The molecule has 2 nitrogen and oxygen atoms in total. The van der Waals surface area contributed by atoms with Gasteiger partial charge < -0.3 is 9.64 Å². The third kappa shape index (κ3) is 6.23. The Kier molecular flexibility index (Phi) is 7.63. The zero-order valence-electron chi connectivity index (χ0n) is 16.3. The molecule has 2 aromatic carbocycles. The molecule has 4 heteroatoms. The van der Waals surface area contributed by atoms with Crippen molar-refractivity contribution in [3.8, 4) is 5.75 Å². The maximum atomic E-state index is 6.28. The molecular formula is C23H29BrClNO. The van der Waals surface area contributed by atoms with Gasteiger partial charge in [0.2, 0.25) is 0 Å². The van der Waals surface area contributed by atoms with Crippen LogP contribution in [-0.4, -0.2) is 30.6 Å². The molecule has 1 aliphatic rings. The van der Waals surface area contributed by atoms with E-state index in [0.717, 1.165) is 36.1 Å². The van der Waals surface area contributed by atoms with Crippen LogP contribution in [0.15, 0.2) is 46.9 Å². The van der Waals surface area contributed by atoms with E-state index in [1.807, 2.05) is 18.2 Å². The molecule has 2 aromatic rings. The van der Waals surface area contributed by atoms with Gasteiger partial charge >= 0.3 is 0 Å². The van der Waals surface area contributed by atoms with Crippen molar-refractivity contribution in [3.63, 3.8) is 0 Å². The van der Waals surface area contributed by atoms with E-state index in [4.69, 9.17) is 16.3 Å². The van der Waals surface area contributed by atoms with E-state index in [1.54, 1.807) is 0 Å². The van der Waals surface area contributed by atoms with E-state index in [0.29, 0.717) is 0 Å². The zero-order valence-corrected chi connectivity index (χ0v) is 18.6. The quantitative estimate of drug-likeness (QED) is 0.485. The van der Waals surface area contributed by atoms with Gasteiger partial charge in [0.25, 0.3) is 0 Å². The molecule has 0 aliphatic carbocycles. The molecule has 27 heavy (non-hydrogen) atoms. The second kappa shape index (κ2) is 9.95. The minimum atomic E-state index is 0.209. The second-order valence-corrected chi connectivity index (χ2v) is 9.01. The van der Waals surface area contributed by atoms with Gasteiger partial charge in [0, 0.05) is 16.0 Å². The summed E-state index contributed by atoms with van der Waals surface area (Å²) in [5.41, 5.74) is 2.62. The molecule has 146 valence electrons. The van der Waals surface area contributed by atoms with Gasteiger partial charge in [-0.25, -0.2) is 0 Å². The highest BCUT2D eigenvalue weighted by molar-refractivity contribution is 9.10. The highest BCUT2D eigenvalue weighted by Gasteiger charge is 2.20. The Morgan fingerprint density at radius 2 is 1.85 bits per heavy atom. The Balaban J connectivity index is 1.49. The van der Waals surface area contributed by atoms with Gasteiger partial charge in [0.05, 0.1) is 6.10 Å². The van der Waals surface area contributed by atoms with Crippen LogP contribution in [0.1, 0.15) is 37.8 Å². The van der Waals surface area contributed by atoms with Gasteiger partial charge in [0.15, 0.2) is 0 Å². The SMILES string of the molecule is CC(C)Oc1ccc(Br)c(CC2CCN(CCc3ccccc3Cl)CC2)c1. The molecule has 1 aliphatic heterocycles. The Labute approximate surface area is 177 Å². The Morgan fingerprint density at radius 3 is 2.56 bits per heavy atom. The van der Waals surface area contributed by atoms with Crippen LogP contribution in [0.25, 0.3) is 0 Å². The van der Waals surface area contributed by atoms with Crippen LogP contribution in [0.3, 0.4) is 0 Å². The summed E-state index contributed by atoms with van der Waals surface area (Å²) in [5.74, 6) is 1.72. The second-order valence-electron chi connectivity index (χ2n) is 7.75. The van der Waals surface area contributed by atoms with Crippen molar-refractivity contribution in [1.82, 2.24) is 4.90 Å². The van der Waals surface area contributed by atoms with Gasteiger partial charge in [-0.05, 0) is 93.9 Å². The molecule has 0 saturated carbocycles. The molecule has 0 N–H and O–H groups in total. The van der Waals surface area contributed by atoms with Crippen LogP contribution < -0.4 is 4.74 Å². The van der Waals surface area contributed by atoms with E-state index in [9.17, 15) is 0 Å². The summed E-state index contributed by atoms with van der Waals surface area (Å²) in [5, 5.41) is 0.890. The van der Waals surface area contributed by atoms with Gasteiger partial charge in [-0.2, -0.15) is 0 Å². The Hall–Kier alpha value is -1.03. The maximum Gasteiger partial charge on any atom is 0.120 e. The molecule has 0 aromatic heterocycles. The molecule has 0 amide bonds. The molecule has 1 heterocycles. The third-order valence-corrected chi connectivity index (χ3v) is 6.40. The molecule has 0 atom stereocenters. The van der Waals surface area contributed by atoms with Crippen LogP contribution in [0.4, 0.5) is 0 Å². The summed E-state index contributed by atoms with van der Waals surface area (Å²) in [6.45, 7) is 7.59. The van der Waals surface area contributed by atoms with Crippen molar-refractivity contribution in [1.29, 1.82) is 0 Å². The average molecular weight is 451 g/mol. The predicted molar refractivity (Wildman–Crippen MR) is 118 cm³/mol. The number of nitrogens with zero attached hydrogens (tertiary/aromatic N) is 1. The summed E-state index contributed by atoms with van der Waals surface area (Å²) in [4.78, 5) is 2.58. The fourth-order valence-corrected chi connectivity index (χ4v) is 4.40. The number of halogens is 2. The van der Waals surface area contributed by atoms with E-state index in [1.165, 1.54) is 41.5 Å². The first kappa shape index (κ1) is 20.7. The van der Waals surface area contributed by atoms with Crippen molar-refractivity contribution in [2.24, 2.45) is 5.92 Å². The molecule has 0 bridgehead atoms. The first-order chi connectivity index (χ1) is 13.0. The summed E-state index contributed by atoms with van der Waals surface area (Å²) in [6.07, 6.45) is 4.87. The summed E-state index contributed by atoms with van der Waals surface area (Å²) < 4.78 is 7.05. The standard InChI is InChI=1S/C23H29BrClNO/c1-17(2)27-21-7-8-22(24)20(16-21)15-18-9-12-26(13-10-18)14-11-19-5-3-4-6-23(19)25/h3-8,16-18H,9-15H2,1-2H3. The smallest absolute Gasteiger partial charge is 0.120 e. The minimum absolute atomic E-state index is 0.209. The van der Waals surface area contributed by atoms with Gasteiger partial charge in [-0.1, -0.05) is 45.7 Å². The summed E-state index contributed by atoms with van der Waals surface area (Å²) >= 11 is 10.00. The Morgan fingerprint density at radius 1 is 1.11 bits per heavy atom. The molecule has 0 radical (unpaired) electrons. The van der Waals surface area contributed by atoms with Crippen molar-refractivity contribution in [2.45, 2.75) is 45.6 Å². The maximum absolute atomic E-state index is 6.28. The first-order valence-electron chi connectivity index (χ1n) is 9.92. The molecule has 0 spiro atoms. The number of likely N-dealkylation sites (tertiary alicyclic amines) is 1. The van der Waals surface area contributed by atoms with Crippen LogP contribution in [-0.2, 0) is 12.8 Å². The number of benzene rings is 2. The molecule has 0 unspecified atom stereocenters. The van der Waals surface area contributed by atoms with Crippen molar-refractivity contribution < 1.29 is 4.74 Å². The predicted octanol–water partition coefficient (Wildman–Crippen LogP) is 6.39. The number of piperidine rings is 1. The zero-order chi connectivity index (χ0) is 19.2. The van der Waals surface area contributed by atoms with Gasteiger partial charge in [0.1, 0.15) is 5.75 Å². The van der Waals surface area contributed by atoms with E-state index < -0.39 is 0 Å². The highest BCUT2D eigenvalue weighted by atomic mass is 79.9. The van der Waals surface area contributed by atoms with E-state index in [2.05, 4.69) is 58.9 Å². The lowest BCUT2D eigenvalue weighted by Gasteiger charge is -2.32. The van der Waals surface area contributed by atoms with Gasteiger partial charge in [-0.3, -0.25) is 0 Å². The van der Waals surface area contributed by atoms with Crippen molar-refractivity contribution >= 4 is 27.5 Å². The van der Waals surface area contributed by atoms with Crippen LogP contribution in [0.2, 0.25) is 5.02 Å². The Bertz CT molecular complexity index is 741. The number of hydrogen-bond donors (Lipinski definition) is 0. The van der Waals surface area contributed by atoms with Crippen LogP contribution in [0.5, 0.6) is 5.75 Å². The fraction of sp³-hybridized carbons (Fsp3) is 0.478. The first-order valence-corrected chi connectivity index (χ1v) is 11.1. The molecule has 3 rings (SSSR count). The van der Waals surface area contributed by atoms with Crippen molar-refractivity contribution in [3.05, 3.63) is 63.1 Å². The number of rotatable bonds is 7. The van der Waals surface area contributed by atoms with E-state index >= 15 is 0 Å². The topological polar surface area (TPSA) is 12.5 Å². The molecule has 1 fully saturated rings. The molecule has 1 saturated heterocycles. The largest absolute Gasteiger partial charge is 0.491 e. The van der Waals surface area contributed by atoms with Crippen LogP contribution in [0, 0.1) is 5.92 Å². The molecular weight excluding hydrogens is 422 g/mol. The van der Waals surface area contributed by atoms with Gasteiger partial charge in [-0.15, -0.1) is 0 Å². The lowest BCUT2D eigenvalue weighted by atomic mass is 9.90.